The van der Waals surface area contributed by atoms with Gasteiger partial charge in [0.25, 0.3) is 0 Å². The number of ether oxygens (including phenoxy) is 1. The number of sulfonamides is 1. The van der Waals surface area contributed by atoms with Crippen LogP contribution in [0.5, 0.6) is 5.75 Å². The van der Waals surface area contributed by atoms with Crippen LogP contribution in [0.25, 0.3) is 0 Å². The van der Waals surface area contributed by atoms with Crippen LogP contribution in [0.4, 0.5) is 0 Å². The molecule has 1 N–H and O–H groups in total. The third-order valence-electron chi connectivity index (χ3n) is 6.08. The van der Waals surface area contributed by atoms with Crippen molar-refractivity contribution in [2.75, 3.05) is 13.1 Å². The second kappa shape index (κ2) is 8.28. The average molecular weight is 443 g/mol. The molecule has 2 aromatic carbocycles. The van der Waals surface area contributed by atoms with Gasteiger partial charge in [0.15, 0.2) is 0 Å². The molecule has 0 bridgehead atoms. The van der Waals surface area contributed by atoms with Gasteiger partial charge >= 0.3 is 0 Å². The summed E-state index contributed by atoms with van der Waals surface area (Å²) in [6.45, 7) is 6.70. The Morgan fingerprint density at radius 1 is 1.16 bits per heavy atom. The summed E-state index contributed by atoms with van der Waals surface area (Å²) in [5.41, 5.74) is 1.70. The lowest BCUT2D eigenvalue weighted by Crippen LogP contribution is -2.48. The third-order valence-corrected chi connectivity index (χ3v) is 7.95. The number of benzene rings is 2. The molecule has 2 aliphatic rings. The van der Waals surface area contributed by atoms with Gasteiger partial charge in [0.2, 0.25) is 15.9 Å². The fourth-order valence-electron chi connectivity index (χ4n) is 4.51. The minimum absolute atomic E-state index is 0.0943. The molecule has 0 radical (unpaired) electrons. The number of aryl methyl sites for hydroxylation is 1. The van der Waals surface area contributed by atoms with Crippen molar-refractivity contribution in [2.45, 2.75) is 56.6 Å². The molecule has 6 nitrogen and oxygen atoms in total. The summed E-state index contributed by atoms with van der Waals surface area (Å²) in [7, 11) is -3.60. The van der Waals surface area contributed by atoms with E-state index in [0.717, 1.165) is 16.9 Å². The van der Waals surface area contributed by atoms with E-state index in [0.29, 0.717) is 25.8 Å². The number of fused-ring (bicyclic) bond motifs is 1. The topological polar surface area (TPSA) is 75.7 Å². The Morgan fingerprint density at radius 2 is 1.90 bits per heavy atom. The van der Waals surface area contributed by atoms with Crippen LogP contribution in [0.1, 0.15) is 50.3 Å². The zero-order valence-corrected chi connectivity index (χ0v) is 19.1. The van der Waals surface area contributed by atoms with E-state index in [-0.39, 0.29) is 29.3 Å². The van der Waals surface area contributed by atoms with Crippen LogP contribution in [-0.4, -0.2) is 37.3 Å². The van der Waals surface area contributed by atoms with Gasteiger partial charge < -0.3 is 10.1 Å². The number of hydrogen-bond donors (Lipinski definition) is 1. The molecule has 166 valence electrons. The van der Waals surface area contributed by atoms with Gasteiger partial charge in [-0.25, -0.2) is 8.42 Å². The van der Waals surface area contributed by atoms with E-state index in [1.807, 2.05) is 32.9 Å². The van der Waals surface area contributed by atoms with Crippen LogP contribution in [0.2, 0.25) is 0 Å². The SMILES string of the molecule is Cc1ccc2c(c1)[C@H](NC(=O)[C@H]1CCCN(S(=O)(=O)c3ccccc3)C1)CC(C)(C)O2. The van der Waals surface area contributed by atoms with Crippen molar-refractivity contribution in [1.82, 2.24) is 9.62 Å². The largest absolute Gasteiger partial charge is 0.487 e. The third kappa shape index (κ3) is 4.62. The number of carbonyl (C=O) groups excluding carboxylic acids is 1. The van der Waals surface area contributed by atoms with Crippen LogP contribution >= 0.6 is 0 Å². The van der Waals surface area contributed by atoms with E-state index in [1.165, 1.54) is 4.31 Å². The highest BCUT2D eigenvalue weighted by Gasteiger charge is 2.38. The maximum Gasteiger partial charge on any atom is 0.243 e. The first-order valence-electron chi connectivity index (χ1n) is 10.8. The molecule has 0 saturated carbocycles. The lowest BCUT2D eigenvalue weighted by molar-refractivity contribution is -0.127. The van der Waals surface area contributed by atoms with Crippen LogP contribution in [0.3, 0.4) is 0 Å². The molecule has 2 atom stereocenters. The molecule has 7 heteroatoms. The smallest absolute Gasteiger partial charge is 0.243 e. The average Bonchev–Trinajstić information content (AvgIpc) is 2.74. The predicted octanol–water partition coefficient (Wildman–Crippen LogP) is 3.81. The van der Waals surface area contributed by atoms with E-state index in [1.54, 1.807) is 30.3 Å². The highest BCUT2D eigenvalue weighted by Crippen LogP contribution is 2.40. The molecule has 0 aromatic heterocycles. The highest BCUT2D eigenvalue weighted by atomic mass is 32.2. The Balaban J connectivity index is 1.51. The number of nitrogens with zero attached hydrogens (tertiary/aromatic N) is 1. The first kappa shape index (κ1) is 21.8. The number of hydrogen-bond acceptors (Lipinski definition) is 4. The predicted molar refractivity (Wildman–Crippen MR) is 119 cm³/mol. The van der Waals surface area contributed by atoms with Crippen molar-refractivity contribution < 1.29 is 17.9 Å². The minimum Gasteiger partial charge on any atom is -0.487 e. The Morgan fingerprint density at radius 3 is 2.65 bits per heavy atom. The van der Waals surface area contributed by atoms with Gasteiger partial charge in [-0.15, -0.1) is 0 Å². The number of piperidine rings is 1. The number of nitrogens with one attached hydrogen (secondary N) is 1. The van der Waals surface area contributed by atoms with Gasteiger partial charge in [0, 0.05) is 25.1 Å². The van der Waals surface area contributed by atoms with Gasteiger partial charge in [-0.1, -0.05) is 35.9 Å². The van der Waals surface area contributed by atoms with Crippen molar-refractivity contribution >= 4 is 15.9 Å². The molecular formula is C24H30N2O4S. The van der Waals surface area contributed by atoms with Crippen LogP contribution in [0.15, 0.2) is 53.4 Å². The Kier molecular flexibility index (Phi) is 5.83. The Hall–Kier alpha value is -2.38. The summed E-state index contributed by atoms with van der Waals surface area (Å²) in [5, 5.41) is 3.20. The van der Waals surface area contributed by atoms with E-state index in [9.17, 15) is 13.2 Å². The van der Waals surface area contributed by atoms with E-state index in [4.69, 9.17) is 4.74 Å². The highest BCUT2D eigenvalue weighted by molar-refractivity contribution is 7.89. The molecule has 1 amide bonds. The van der Waals surface area contributed by atoms with Crippen LogP contribution in [0, 0.1) is 12.8 Å². The maximum absolute atomic E-state index is 13.2. The lowest BCUT2D eigenvalue weighted by atomic mass is 9.88. The fourth-order valence-corrected chi connectivity index (χ4v) is 6.05. The summed E-state index contributed by atoms with van der Waals surface area (Å²) < 4.78 is 33.6. The maximum atomic E-state index is 13.2. The molecule has 0 unspecified atom stereocenters. The molecule has 2 heterocycles. The second-order valence-electron chi connectivity index (χ2n) is 9.18. The molecule has 31 heavy (non-hydrogen) atoms. The van der Waals surface area contributed by atoms with Crippen molar-refractivity contribution in [1.29, 1.82) is 0 Å². The summed E-state index contributed by atoms with van der Waals surface area (Å²) >= 11 is 0. The lowest BCUT2D eigenvalue weighted by Gasteiger charge is -2.39. The van der Waals surface area contributed by atoms with E-state index < -0.39 is 15.6 Å². The Bertz CT molecular complexity index is 1070. The standard InChI is InChI=1S/C24H30N2O4S/c1-17-11-12-22-20(14-17)21(15-24(2,3)30-22)25-23(27)18-8-7-13-26(16-18)31(28,29)19-9-5-4-6-10-19/h4-6,9-12,14,18,21H,7-8,13,15-16H2,1-3H3,(H,25,27)/t18-,21+/m0/s1. The van der Waals surface area contributed by atoms with Crippen molar-refractivity contribution in [3.63, 3.8) is 0 Å². The monoisotopic (exact) mass is 442 g/mol. The molecule has 4 rings (SSSR count). The van der Waals surface area contributed by atoms with E-state index >= 15 is 0 Å². The van der Waals surface area contributed by atoms with E-state index in [2.05, 4.69) is 11.4 Å². The first-order valence-corrected chi connectivity index (χ1v) is 12.2. The summed E-state index contributed by atoms with van der Waals surface area (Å²) in [6.07, 6.45) is 2.01. The van der Waals surface area contributed by atoms with Crippen LogP contribution in [-0.2, 0) is 14.8 Å². The summed E-state index contributed by atoms with van der Waals surface area (Å²) in [5.74, 6) is 0.332. The zero-order valence-electron chi connectivity index (χ0n) is 18.3. The first-order chi connectivity index (χ1) is 14.7. The molecule has 0 aliphatic carbocycles. The molecule has 2 aromatic rings. The number of carbonyl (C=O) groups is 1. The summed E-state index contributed by atoms with van der Waals surface area (Å²) in [4.78, 5) is 13.5. The quantitative estimate of drug-likeness (QED) is 0.781. The van der Waals surface area contributed by atoms with Crippen molar-refractivity contribution in [3.8, 4) is 5.75 Å². The van der Waals surface area contributed by atoms with Gasteiger partial charge in [-0.3, -0.25) is 4.79 Å². The molecule has 1 fully saturated rings. The summed E-state index contributed by atoms with van der Waals surface area (Å²) in [6, 6.07) is 14.3. The van der Waals surface area contributed by atoms with Gasteiger partial charge in [0.1, 0.15) is 11.4 Å². The van der Waals surface area contributed by atoms with Crippen molar-refractivity contribution in [3.05, 3.63) is 59.7 Å². The van der Waals surface area contributed by atoms with Crippen LogP contribution < -0.4 is 10.1 Å². The Labute approximate surface area is 184 Å². The van der Waals surface area contributed by atoms with Gasteiger partial charge in [0.05, 0.1) is 16.9 Å². The van der Waals surface area contributed by atoms with Gasteiger partial charge in [-0.05, 0) is 51.8 Å². The molecule has 1 saturated heterocycles. The minimum atomic E-state index is -3.60. The zero-order chi connectivity index (χ0) is 22.2. The normalized spacial score (nSPS) is 23.5. The second-order valence-corrected chi connectivity index (χ2v) is 11.1. The fraction of sp³-hybridized carbons (Fsp3) is 0.458. The number of rotatable bonds is 4. The molecule has 0 spiro atoms. The van der Waals surface area contributed by atoms with Crippen molar-refractivity contribution in [2.24, 2.45) is 5.92 Å². The molecular weight excluding hydrogens is 412 g/mol. The molecule has 2 aliphatic heterocycles. The number of amides is 1. The van der Waals surface area contributed by atoms with Gasteiger partial charge in [-0.2, -0.15) is 4.31 Å².